The van der Waals surface area contributed by atoms with Crippen LogP contribution in [0.5, 0.6) is 0 Å². The van der Waals surface area contributed by atoms with Gasteiger partial charge in [0.15, 0.2) is 0 Å². The molecule has 0 bridgehead atoms. The van der Waals surface area contributed by atoms with Gasteiger partial charge in [-0.2, -0.15) is 4.68 Å². The molecule has 7 heteroatoms. The number of tetrazole rings is 1. The third-order valence-electron chi connectivity index (χ3n) is 3.09. The second kappa shape index (κ2) is 5.40. The first-order valence-corrected chi connectivity index (χ1v) is 6.98. The standard InChI is InChI=1S/C12H13N5OS/c18-14-10-7-4-8-11(10)19-12-13-15-16-17(12)9-5-2-1-3-6-9/h1-3,5-6,11,18H,4,7-8H2. The summed E-state index contributed by atoms with van der Waals surface area (Å²) >= 11 is 1.55. The van der Waals surface area contributed by atoms with Crippen molar-refractivity contribution >= 4 is 17.5 Å². The summed E-state index contributed by atoms with van der Waals surface area (Å²) in [6.07, 6.45) is 2.89. The van der Waals surface area contributed by atoms with Gasteiger partial charge in [-0.3, -0.25) is 0 Å². The third-order valence-corrected chi connectivity index (χ3v) is 4.35. The van der Waals surface area contributed by atoms with Crippen molar-refractivity contribution in [2.75, 3.05) is 0 Å². The summed E-state index contributed by atoms with van der Waals surface area (Å²) in [7, 11) is 0. The lowest BCUT2D eigenvalue weighted by molar-refractivity contribution is 0.317. The van der Waals surface area contributed by atoms with Gasteiger partial charge in [-0.05, 0) is 41.8 Å². The molecule has 1 N–H and O–H groups in total. The van der Waals surface area contributed by atoms with Gasteiger partial charge in [-0.1, -0.05) is 35.1 Å². The molecule has 0 amide bonds. The molecule has 1 unspecified atom stereocenters. The highest BCUT2D eigenvalue weighted by atomic mass is 32.2. The normalized spacial score (nSPS) is 21.1. The summed E-state index contributed by atoms with van der Waals surface area (Å²) in [6.45, 7) is 0. The lowest BCUT2D eigenvalue weighted by atomic mass is 10.3. The number of hydrogen-bond acceptors (Lipinski definition) is 6. The average Bonchev–Trinajstić information content (AvgIpc) is 3.09. The van der Waals surface area contributed by atoms with Gasteiger partial charge in [0.25, 0.3) is 0 Å². The zero-order valence-electron chi connectivity index (χ0n) is 10.2. The number of hydrogen-bond donors (Lipinski definition) is 1. The molecule has 98 valence electrons. The molecular weight excluding hydrogens is 262 g/mol. The molecule has 1 aromatic heterocycles. The van der Waals surface area contributed by atoms with Gasteiger partial charge in [0.05, 0.1) is 16.6 Å². The fourth-order valence-electron chi connectivity index (χ4n) is 2.15. The molecule has 6 nitrogen and oxygen atoms in total. The minimum absolute atomic E-state index is 0.165. The number of aromatic nitrogens is 4. The first-order chi connectivity index (χ1) is 9.38. The van der Waals surface area contributed by atoms with Crippen LogP contribution in [0.3, 0.4) is 0 Å². The maximum absolute atomic E-state index is 8.97. The minimum atomic E-state index is 0.165. The van der Waals surface area contributed by atoms with E-state index in [1.54, 1.807) is 16.4 Å². The van der Waals surface area contributed by atoms with E-state index in [2.05, 4.69) is 20.7 Å². The summed E-state index contributed by atoms with van der Waals surface area (Å²) in [5.41, 5.74) is 1.75. The summed E-state index contributed by atoms with van der Waals surface area (Å²) in [6, 6.07) is 9.75. The van der Waals surface area contributed by atoms with Crippen molar-refractivity contribution < 1.29 is 5.21 Å². The zero-order chi connectivity index (χ0) is 13.1. The minimum Gasteiger partial charge on any atom is -0.411 e. The van der Waals surface area contributed by atoms with Crippen LogP contribution in [0, 0.1) is 0 Å². The number of benzene rings is 1. The number of para-hydroxylation sites is 1. The topological polar surface area (TPSA) is 76.2 Å². The van der Waals surface area contributed by atoms with Gasteiger partial charge >= 0.3 is 0 Å². The predicted molar refractivity (Wildman–Crippen MR) is 71.9 cm³/mol. The Bertz CT molecular complexity index is 583. The molecule has 1 aromatic carbocycles. The van der Waals surface area contributed by atoms with Gasteiger partial charge in [-0.25, -0.2) is 0 Å². The van der Waals surface area contributed by atoms with E-state index < -0.39 is 0 Å². The van der Waals surface area contributed by atoms with E-state index in [9.17, 15) is 0 Å². The smallest absolute Gasteiger partial charge is 0.214 e. The van der Waals surface area contributed by atoms with Gasteiger partial charge in [0.2, 0.25) is 5.16 Å². The summed E-state index contributed by atoms with van der Waals surface area (Å²) in [5.74, 6) is 0. The van der Waals surface area contributed by atoms with Crippen molar-refractivity contribution in [3.05, 3.63) is 30.3 Å². The Balaban J connectivity index is 1.85. The Morgan fingerprint density at radius 3 is 2.95 bits per heavy atom. The number of thioether (sulfide) groups is 1. The maximum atomic E-state index is 8.97. The first kappa shape index (κ1) is 12.2. The van der Waals surface area contributed by atoms with E-state index >= 15 is 0 Å². The molecule has 1 saturated carbocycles. The van der Waals surface area contributed by atoms with E-state index in [0.717, 1.165) is 35.8 Å². The molecule has 0 aliphatic heterocycles. The highest BCUT2D eigenvalue weighted by molar-refractivity contribution is 8.00. The molecule has 0 spiro atoms. The van der Waals surface area contributed by atoms with Crippen LogP contribution in [0.2, 0.25) is 0 Å². The highest BCUT2D eigenvalue weighted by Gasteiger charge is 2.26. The lowest BCUT2D eigenvalue weighted by Crippen LogP contribution is -2.11. The van der Waals surface area contributed by atoms with E-state index in [4.69, 9.17) is 5.21 Å². The molecule has 1 aliphatic carbocycles. The average molecular weight is 275 g/mol. The Kier molecular flexibility index (Phi) is 3.45. The monoisotopic (exact) mass is 275 g/mol. The van der Waals surface area contributed by atoms with E-state index in [1.165, 1.54) is 0 Å². The summed E-state index contributed by atoms with van der Waals surface area (Å²) in [5, 5.41) is 25.0. The van der Waals surface area contributed by atoms with E-state index in [-0.39, 0.29) is 5.25 Å². The van der Waals surface area contributed by atoms with Gasteiger partial charge < -0.3 is 5.21 Å². The molecule has 19 heavy (non-hydrogen) atoms. The van der Waals surface area contributed by atoms with Gasteiger partial charge in [-0.15, -0.1) is 5.10 Å². The molecule has 1 atom stereocenters. The molecule has 0 saturated heterocycles. The summed E-state index contributed by atoms with van der Waals surface area (Å²) in [4.78, 5) is 0. The van der Waals surface area contributed by atoms with Crippen molar-refractivity contribution in [2.24, 2.45) is 5.16 Å². The van der Waals surface area contributed by atoms with E-state index in [1.807, 2.05) is 30.3 Å². The largest absolute Gasteiger partial charge is 0.411 e. The predicted octanol–water partition coefficient (Wildman–Crippen LogP) is 2.14. The fraction of sp³-hybridized carbons (Fsp3) is 0.333. The van der Waals surface area contributed by atoms with Crippen molar-refractivity contribution in [1.82, 2.24) is 20.2 Å². The van der Waals surface area contributed by atoms with E-state index in [0.29, 0.717) is 0 Å². The van der Waals surface area contributed by atoms with Crippen LogP contribution in [0.4, 0.5) is 0 Å². The van der Waals surface area contributed by atoms with Crippen LogP contribution >= 0.6 is 11.8 Å². The molecule has 0 radical (unpaired) electrons. The van der Waals surface area contributed by atoms with Crippen LogP contribution in [0.25, 0.3) is 5.69 Å². The Hall–Kier alpha value is -1.89. The number of oxime groups is 1. The van der Waals surface area contributed by atoms with Crippen molar-refractivity contribution in [2.45, 2.75) is 29.7 Å². The Morgan fingerprint density at radius 1 is 1.32 bits per heavy atom. The highest BCUT2D eigenvalue weighted by Crippen LogP contribution is 2.32. The first-order valence-electron chi connectivity index (χ1n) is 6.10. The third kappa shape index (κ3) is 2.46. The van der Waals surface area contributed by atoms with Crippen LogP contribution in [-0.4, -0.2) is 36.4 Å². The molecule has 2 aromatic rings. The van der Waals surface area contributed by atoms with Crippen molar-refractivity contribution in [3.63, 3.8) is 0 Å². The van der Waals surface area contributed by atoms with Crippen molar-refractivity contribution in [3.8, 4) is 5.69 Å². The van der Waals surface area contributed by atoms with Crippen molar-refractivity contribution in [1.29, 1.82) is 0 Å². The SMILES string of the molecule is ON=C1CCCC1Sc1nnnn1-c1ccccc1. The zero-order valence-corrected chi connectivity index (χ0v) is 11.0. The maximum Gasteiger partial charge on any atom is 0.214 e. The lowest BCUT2D eigenvalue weighted by Gasteiger charge is -2.09. The molecule has 1 aliphatic rings. The molecule has 1 heterocycles. The second-order valence-corrected chi connectivity index (χ2v) is 5.47. The number of nitrogens with zero attached hydrogens (tertiary/aromatic N) is 5. The van der Waals surface area contributed by atoms with Crippen LogP contribution in [0.1, 0.15) is 19.3 Å². The molecule has 1 fully saturated rings. The second-order valence-electron chi connectivity index (χ2n) is 4.30. The number of rotatable bonds is 3. The van der Waals surface area contributed by atoms with Crippen LogP contribution in [-0.2, 0) is 0 Å². The quantitative estimate of drug-likeness (QED) is 0.686. The van der Waals surface area contributed by atoms with Gasteiger partial charge in [0, 0.05) is 0 Å². The fourth-order valence-corrected chi connectivity index (χ4v) is 3.31. The molecular formula is C12H13N5OS. The Morgan fingerprint density at radius 2 is 2.16 bits per heavy atom. The molecule has 3 rings (SSSR count). The van der Waals surface area contributed by atoms with Crippen LogP contribution < -0.4 is 0 Å². The Labute approximate surface area is 114 Å². The summed E-state index contributed by atoms with van der Waals surface area (Å²) < 4.78 is 1.71. The van der Waals surface area contributed by atoms with Gasteiger partial charge in [0.1, 0.15) is 0 Å². The van der Waals surface area contributed by atoms with Crippen LogP contribution in [0.15, 0.2) is 40.6 Å².